The summed E-state index contributed by atoms with van der Waals surface area (Å²) in [6, 6.07) is 9.66. The van der Waals surface area contributed by atoms with Gasteiger partial charge in [-0.3, -0.25) is 0 Å². The second-order valence-electron chi connectivity index (χ2n) is 3.99. The second-order valence-corrected chi connectivity index (χ2v) is 4.84. The molecule has 2 aromatic rings. The number of nitrogens with one attached hydrogen (secondary N) is 1. The fraction of sp³-hybridized carbons (Fsp3) is 0.143. The van der Waals surface area contributed by atoms with Crippen molar-refractivity contribution in [3.05, 3.63) is 52.3 Å². The van der Waals surface area contributed by atoms with Crippen molar-refractivity contribution in [2.45, 2.75) is 6.54 Å². The normalized spacial score (nSPS) is 10.3. The molecule has 0 fully saturated rings. The Kier molecular flexibility index (Phi) is 4.27. The Morgan fingerprint density at radius 2 is 2.05 bits per heavy atom. The van der Waals surface area contributed by atoms with Crippen LogP contribution < -0.4 is 10.1 Å². The Balaban J connectivity index is 2.11. The number of phenols is 1. The zero-order valence-electron chi connectivity index (χ0n) is 10.3. The van der Waals surface area contributed by atoms with Gasteiger partial charge in [-0.25, -0.2) is 4.39 Å². The molecule has 0 amide bonds. The van der Waals surface area contributed by atoms with E-state index in [9.17, 15) is 9.50 Å². The van der Waals surface area contributed by atoms with E-state index >= 15 is 0 Å². The minimum Gasteiger partial charge on any atom is -0.507 e. The molecule has 0 aromatic heterocycles. The van der Waals surface area contributed by atoms with Crippen molar-refractivity contribution in [3.63, 3.8) is 0 Å². The van der Waals surface area contributed by atoms with Gasteiger partial charge in [-0.05, 0) is 45.8 Å². The number of halogens is 2. The number of anilines is 1. The number of benzene rings is 2. The number of ether oxygens (including phenoxy) is 1. The number of aromatic hydroxyl groups is 1. The van der Waals surface area contributed by atoms with Crippen LogP contribution in [0.4, 0.5) is 10.1 Å². The molecular formula is C14H13BrFNO2. The average molecular weight is 326 g/mol. The number of phenolic OH excluding ortho intramolecular Hbond substituents is 1. The summed E-state index contributed by atoms with van der Waals surface area (Å²) >= 11 is 3.24. The SMILES string of the molecule is COc1ccc(F)c(NCc2ccc(O)c(Br)c2)c1. The third kappa shape index (κ3) is 3.38. The van der Waals surface area contributed by atoms with Crippen molar-refractivity contribution < 1.29 is 14.2 Å². The maximum Gasteiger partial charge on any atom is 0.146 e. The van der Waals surface area contributed by atoms with E-state index in [0.29, 0.717) is 22.5 Å². The molecule has 5 heteroatoms. The van der Waals surface area contributed by atoms with Crippen LogP contribution in [0.1, 0.15) is 5.56 Å². The highest BCUT2D eigenvalue weighted by molar-refractivity contribution is 9.10. The Hall–Kier alpha value is -1.75. The molecule has 0 aliphatic rings. The molecule has 100 valence electrons. The second kappa shape index (κ2) is 5.93. The van der Waals surface area contributed by atoms with Crippen molar-refractivity contribution in [3.8, 4) is 11.5 Å². The van der Waals surface area contributed by atoms with E-state index in [0.717, 1.165) is 5.56 Å². The van der Waals surface area contributed by atoms with Crippen LogP contribution in [0.5, 0.6) is 11.5 Å². The molecule has 2 rings (SSSR count). The van der Waals surface area contributed by atoms with Crippen LogP contribution in [-0.4, -0.2) is 12.2 Å². The summed E-state index contributed by atoms with van der Waals surface area (Å²) in [5, 5.41) is 12.4. The molecule has 0 bridgehead atoms. The van der Waals surface area contributed by atoms with Crippen LogP contribution >= 0.6 is 15.9 Å². The first-order valence-corrected chi connectivity index (χ1v) is 6.44. The first kappa shape index (κ1) is 13.7. The molecule has 3 nitrogen and oxygen atoms in total. The molecule has 0 aliphatic heterocycles. The van der Waals surface area contributed by atoms with Gasteiger partial charge in [-0.2, -0.15) is 0 Å². The first-order valence-electron chi connectivity index (χ1n) is 5.65. The van der Waals surface area contributed by atoms with E-state index in [2.05, 4.69) is 21.2 Å². The van der Waals surface area contributed by atoms with Gasteiger partial charge >= 0.3 is 0 Å². The Morgan fingerprint density at radius 3 is 2.74 bits per heavy atom. The van der Waals surface area contributed by atoms with Crippen LogP contribution in [0.25, 0.3) is 0 Å². The van der Waals surface area contributed by atoms with E-state index < -0.39 is 0 Å². The van der Waals surface area contributed by atoms with E-state index in [1.54, 1.807) is 30.3 Å². The van der Waals surface area contributed by atoms with E-state index in [1.807, 2.05) is 0 Å². The Labute approximate surface area is 119 Å². The largest absolute Gasteiger partial charge is 0.507 e. The van der Waals surface area contributed by atoms with Crippen LogP contribution in [-0.2, 0) is 6.54 Å². The van der Waals surface area contributed by atoms with Gasteiger partial charge in [0.05, 0.1) is 17.3 Å². The quantitative estimate of drug-likeness (QED) is 0.895. The molecule has 0 atom stereocenters. The fourth-order valence-corrected chi connectivity index (χ4v) is 2.05. The van der Waals surface area contributed by atoms with Gasteiger partial charge in [0.15, 0.2) is 0 Å². The monoisotopic (exact) mass is 325 g/mol. The predicted molar refractivity (Wildman–Crippen MR) is 76.1 cm³/mol. The summed E-state index contributed by atoms with van der Waals surface area (Å²) in [5.41, 5.74) is 1.30. The number of methoxy groups -OCH3 is 1. The lowest BCUT2D eigenvalue weighted by molar-refractivity contribution is 0.414. The van der Waals surface area contributed by atoms with Gasteiger partial charge in [0.1, 0.15) is 17.3 Å². The molecule has 19 heavy (non-hydrogen) atoms. The summed E-state index contributed by atoms with van der Waals surface area (Å²) in [6.45, 7) is 0.447. The number of rotatable bonds is 4. The van der Waals surface area contributed by atoms with Crippen LogP contribution in [0, 0.1) is 5.82 Å². The molecule has 0 saturated heterocycles. The van der Waals surface area contributed by atoms with Gasteiger partial charge < -0.3 is 15.2 Å². The zero-order valence-corrected chi connectivity index (χ0v) is 11.9. The smallest absolute Gasteiger partial charge is 0.146 e. The number of hydrogen-bond acceptors (Lipinski definition) is 3. The van der Waals surface area contributed by atoms with Crippen molar-refractivity contribution in [1.82, 2.24) is 0 Å². The molecule has 0 spiro atoms. The lowest BCUT2D eigenvalue weighted by Crippen LogP contribution is -2.01. The lowest BCUT2D eigenvalue weighted by atomic mass is 10.2. The molecule has 2 aromatic carbocycles. The zero-order chi connectivity index (χ0) is 13.8. The molecular weight excluding hydrogens is 313 g/mol. The summed E-state index contributed by atoms with van der Waals surface area (Å²) in [5.74, 6) is 0.436. The molecule has 2 N–H and O–H groups in total. The minimum atomic E-state index is -0.335. The minimum absolute atomic E-state index is 0.177. The summed E-state index contributed by atoms with van der Waals surface area (Å²) < 4.78 is 19.2. The van der Waals surface area contributed by atoms with Crippen molar-refractivity contribution in [2.75, 3.05) is 12.4 Å². The lowest BCUT2D eigenvalue weighted by Gasteiger charge is -2.10. The third-order valence-corrected chi connectivity index (χ3v) is 3.30. The summed E-state index contributed by atoms with van der Waals surface area (Å²) in [6.07, 6.45) is 0. The third-order valence-electron chi connectivity index (χ3n) is 2.67. The Bertz CT molecular complexity index is 590. The highest BCUT2D eigenvalue weighted by atomic mass is 79.9. The number of hydrogen-bond donors (Lipinski definition) is 2. The standard InChI is InChI=1S/C14H13BrFNO2/c1-19-10-3-4-12(16)13(7-10)17-8-9-2-5-14(18)11(15)6-9/h2-7,17-18H,8H2,1H3. The van der Waals surface area contributed by atoms with E-state index in [-0.39, 0.29) is 11.6 Å². The maximum absolute atomic E-state index is 13.6. The molecule has 0 aliphatic carbocycles. The van der Waals surface area contributed by atoms with Gasteiger partial charge in [0, 0.05) is 12.6 Å². The highest BCUT2D eigenvalue weighted by Crippen LogP contribution is 2.25. The molecule has 0 saturated carbocycles. The molecule has 0 radical (unpaired) electrons. The van der Waals surface area contributed by atoms with Crippen LogP contribution in [0.15, 0.2) is 40.9 Å². The van der Waals surface area contributed by atoms with Crippen molar-refractivity contribution in [2.24, 2.45) is 0 Å². The van der Waals surface area contributed by atoms with E-state index in [4.69, 9.17) is 4.74 Å². The predicted octanol–water partition coefficient (Wildman–Crippen LogP) is 3.91. The molecule has 0 heterocycles. The fourth-order valence-electron chi connectivity index (χ4n) is 1.62. The molecule has 0 unspecified atom stereocenters. The van der Waals surface area contributed by atoms with Crippen molar-refractivity contribution in [1.29, 1.82) is 0 Å². The van der Waals surface area contributed by atoms with Gasteiger partial charge in [-0.1, -0.05) is 6.07 Å². The maximum atomic E-state index is 13.6. The summed E-state index contributed by atoms with van der Waals surface area (Å²) in [4.78, 5) is 0. The van der Waals surface area contributed by atoms with Crippen LogP contribution in [0.3, 0.4) is 0 Å². The van der Waals surface area contributed by atoms with Gasteiger partial charge in [-0.15, -0.1) is 0 Å². The first-order chi connectivity index (χ1) is 9.10. The van der Waals surface area contributed by atoms with Crippen molar-refractivity contribution >= 4 is 21.6 Å². The highest BCUT2D eigenvalue weighted by Gasteiger charge is 2.05. The van der Waals surface area contributed by atoms with E-state index in [1.165, 1.54) is 13.2 Å². The van der Waals surface area contributed by atoms with Crippen LogP contribution in [0.2, 0.25) is 0 Å². The van der Waals surface area contributed by atoms with Gasteiger partial charge in [0.25, 0.3) is 0 Å². The summed E-state index contributed by atoms with van der Waals surface area (Å²) in [7, 11) is 1.54. The Morgan fingerprint density at radius 1 is 1.26 bits per heavy atom. The average Bonchev–Trinajstić information content (AvgIpc) is 2.41. The van der Waals surface area contributed by atoms with Gasteiger partial charge in [0.2, 0.25) is 0 Å². The topological polar surface area (TPSA) is 41.5 Å².